The van der Waals surface area contributed by atoms with Crippen LogP contribution in [0.5, 0.6) is 0 Å². The number of unbranched alkanes of at least 4 members (excludes halogenated alkanes) is 4. The summed E-state index contributed by atoms with van der Waals surface area (Å²) in [5, 5.41) is 0. The highest BCUT2D eigenvalue weighted by Gasteiger charge is 2.23. The van der Waals surface area contributed by atoms with Gasteiger partial charge in [0.1, 0.15) is 0 Å². The minimum atomic E-state index is 0.207. The summed E-state index contributed by atoms with van der Waals surface area (Å²) in [4.78, 5) is 18.2. The van der Waals surface area contributed by atoms with Crippen LogP contribution in [0, 0.1) is 0 Å². The molecule has 0 aliphatic heterocycles. The summed E-state index contributed by atoms with van der Waals surface area (Å²) < 4.78 is 0. The third kappa shape index (κ3) is 8.89. The SMILES string of the molecule is CCCCN(CCCC)c1ccc(/C=C2\CC/C(=C\c3ccc(N(CCCC)CCCC)cc3)C2=O)cc1. The standard InChI is InChI=1S/C35H50N2O/c1-5-9-23-36(24-10-6-2)33-19-13-29(14-20-33)27-31-17-18-32(35(31)38)28-30-15-21-34(22-16-30)37(25-11-7-3)26-12-8-4/h13-16,19-22,27-28H,5-12,17-18,23-26H2,1-4H3/b31-27+,32-28+. The van der Waals surface area contributed by atoms with Crippen LogP contribution in [-0.2, 0) is 4.79 Å². The van der Waals surface area contributed by atoms with Crippen molar-refractivity contribution in [2.24, 2.45) is 0 Å². The van der Waals surface area contributed by atoms with Crippen LogP contribution < -0.4 is 9.80 Å². The van der Waals surface area contributed by atoms with Crippen LogP contribution in [0.4, 0.5) is 11.4 Å². The van der Waals surface area contributed by atoms with Gasteiger partial charge in [0.05, 0.1) is 0 Å². The highest BCUT2D eigenvalue weighted by Crippen LogP contribution is 2.30. The first-order valence-corrected chi connectivity index (χ1v) is 15.2. The van der Waals surface area contributed by atoms with E-state index < -0.39 is 0 Å². The van der Waals surface area contributed by atoms with Crippen molar-refractivity contribution in [3.8, 4) is 0 Å². The highest BCUT2D eigenvalue weighted by molar-refractivity contribution is 6.15. The van der Waals surface area contributed by atoms with Gasteiger partial charge >= 0.3 is 0 Å². The van der Waals surface area contributed by atoms with E-state index in [4.69, 9.17) is 0 Å². The molecule has 206 valence electrons. The number of allylic oxidation sites excluding steroid dienone is 2. The Morgan fingerprint density at radius 3 is 1.16 bits per heavy atom. The van der Waals surface area contributed by atoms with Gasteiger partial charge in [-0.15, -0.1) is 0 Å². The molecule has 3 rings (SSSR count). The first-order valence-electron chi connectivity index (χ1n) is 15.2. The molecule has 38 heavy (non-hydrogen) atoms. The van der Waals surface area contributed by atoms with Gasteiger partial charge in [-0.2, -0.15) is 0 Å². The summed E-state index contributed by atoms with van der Waals surface area (Å²) in [7, 11) is 0. The summed E-state index contributed by atoms with van der Waals surface area (Å²) in [5.41, 5.74) is 6.68. The van der Waals surface area contributed by atoms with Crippen molar-refractivity contribution in [1.29, 1.82) is 0 Å². The molecule has 0 saturated heterocycles. The minimum absolute atomic E-state index is 0.207. The molecule has 0 aromatic heterocycles. The topological polar surface area (TPSA) is 23.6 Å². The monoisotopic (exact) mass is 514 g/mol. The van der Waals surface area contributed by atoms with Crippen LogP contribution in [0.1, 0.15) is 103 Å². The summed E-state index contributed by atoms with van der Waals surface area (Å²) in [6.07, 6.45) is 15.6. The molecule has 3 nitrogen and oxygen atoms in total. The fourth-order valence-electron chi connectivity index (χ4n) is 5.08. The van der Waals surface area contributed by atoms with Crippen molar-refractivity contribution in [2.75, 3.05) is 36.0 Å². The predicted octanol–water partition coefficient (Wildman–Crippen LogP) is 9.33. The van der Waals surface area contributed by atoms with E-state index >= 15 is 0 Å². The Hall–Kier alpha value is -2.81. The summed E-state index contributed by atoms with van der Waals surface area (Å²) in [5.74, 6) is 0.207. The first-order chi connectivity index (χ1) is 18.6. The Bertz CT molecular complexity index is 933. The fraction of sp³-hybridized carbons (Fsp3) is 0.514. The number of hydrogen-bond acceptors (Lipinski definition) is 3. The number of carbonyl (C=O) groups excluding carboxylic acids is 1. The maximum atomic E-state index is 13.2. The first kappa shape index (κ1) is 29.7. The fourth-order valence-corrected chi connectivity index (χ4v) is 5.08. The third-order valence-electron chi connectivity index (χ3n) is 7.57. The summed E-state index contributed by atoms with van der Waals surface area (Å²) in [6.45, 7) is 13.4. The van der Waals surface area contributed by atoms with Crippen molar-refractivity contribution in [3.63, 3.8) is 0 Å². The number of benzene rings is 2. The van der Waals surface area contributed by atoms with Crippen LogP contribution in [0.15, 0.2) is 59.7 Å². The van der Waals surface area contributed by atoms with Gasteiger partial charge in [0.15, 0.2) is 5.78 Å². The van der Waals surface area contributed by atoms with Crippen LogP contribution >= 0.6 is 0 Å². The van der Waals surface area contributed by atoms with E-state index in [1.54, 1.807) is 0 Å². The molecule has 3 heteroatoms. The maximum Gasteiger partial charge on any atom is 0.185 e. The van der Waals surface area contributed by atoms with Crippen LogP contribution in [0.2, 0.25) is 0 Å². The molecule has 1 saturated carbocycles. The van der Waals surface area contributed by atoms with Crippen molar-refractivity contribution >= 4 is 29.3 Å². The number of Topliss-reactive ketones (excluding diaryl/α,β-unsaturated/α-hetero) is 1. The number of carbonyl (C=O) groups is 1. The molecule has 2 aromatic rings. The molecule has 0 bridgehead atoms. The van der Waals surface area contributed by atoms with Gasteiger partial charge in [-0.1, -0.05) is 77.6 Å². The Balaban J connectivity index is 1.66. The third-order valence-corrected chi connectivity index (χ3v) is 7.57. The van der Waals surface area contributed by atoms with Crippen molar-refractivity contribution in [1.82, 2.24) is 0 Å². The summed E-state index contributed by atoms with van der Waals surface area (Å²) in [6, 6.07) is 17.6. The van der Waals surface area contributed by atoms with E-state index in [1.807, 2.05) is 0 Å². The van der Waals surface area contributed by atoms with Gasteiger partial charge in [-0.25, -0.2) is 0 Å². The van der Waals surface area contributed by atoms with Crippen LogP contribution in [0.25, 0.3) is 12.2 Å². The van der Waals surface area contributed by atoms with Crippen molar-refractivity contribution in [2.45, 2.75) is 91.9 Å². The summed E-state index contributed by atoms with van der Waals surface area (Å²) >= 11 is 0. The number of hydrogen-bond donors (Lipinski definition) is 0. The molecule has 1 aliphatic carbocycles. The van der Waals surface area contributed by atoms with Crippen LogP contribution in [-0.4, -0.2) is 32.0 Å². The minimum Gasteiger partial charge on any atom is -0.372 e. The molecule has 0 atom stereocenters. The predicted molar refractivity (Wildman–Crippen MR) is 167 cm³/mol. The second kappa shape index (κ2) is 16.2. The largest absolute Gasteiger partial charge is 0.372 e. The molecule has 0 N–H and O–H groups in total. The molecular formula is C35H50N2O. The van der Waals surface area contributed by atoms with Gasteiger partial charge in [-0.3, -0.25) is 4.79 Å². The molecule has 2 aromatic carbocycles. The van der Waals surface area contributed by atoms with Gasteiger partial charge in [0.25, 0.3) is 0 Å². The van der Waals surface area contributed by atoms with Gasteiger partial charge in [0, 0.05) is 48.7 Å². The number of rotatable bonds is 16. The molecule has 1 fully saturated rings. The van der Waals surface area contributed by atoms with E-state index in [1.165, 1.54) is 62.7 Å². The smallest absolute Gasteiger partial charge is 0.185 e. The van der Waals surface area contributed by atoms with E-state index in [9.17, 15) is 4.79 Å². The van der Waals surface area contributed by atoms with Crippen molar-refractivity contribution < 1.29 is 4.79 Å². The lowest BCUT2D eigenvalue weighted by Gasteiger charge is -2.24. The second-order valence-corrected chi connectivity index (χ2v) is 10.7. The van der Waals surface area contributed by atoms with E-state index in [0.717, 1.165) is 61.3 Å². The average Bonchev–Trinajstić information content (AvgIpc) is 3.28. The zero-order chi connectivity index (χ0) is 27.2. The number of ketones is 1. The van der Waals surface area contributed by atoms with E-state index in [0.29, 0.717) is 0 Å². The van der Waals surface area contributed by atoms with Gasteiger partial charge < -0.3 is 9.80 Å². The number of nitrogens with zero attached hydrogens (tertiary/aromatic N) is 2. The molecule has 0 spiro atoms. The lowest BCUT2D eigenvalue weighted by molar-refractivity contribution is -0.111. The molecule has 0 heterocycles. The van der Waals surface area contributed by atoms with E-state index in [2.05, 4.69) is 98.2 Å². The average molecular weight is 515 g/mol. The lowest BCUT2D eigenvalue weighted by Crippen LogP contribution is -2.25. The van der Waals surface area contributed by atoms with E-state index in [-0.39, 0.29) is 5.78 Å². The second-order valence-electron chi connectivity index (χ2n) is 10.7. The molecular weight excluding hydrogens is 464 g/mol. The molecule has 1 aliphatic rings. The van der Waals surface area contributed by atoms with Gasteiger partial charge in [0.2, 0.25) is 0 Å². The highest BCUT2D eigenvalue weighted by atomic mass is 16.1. The number of anilines is 2. The van der Waals surface area contributed by atoms with Gasteiger partial charge in [-0.05, 0) is 86.1 Å². The molecule has 0 amide bonds. The van der Waals surface area contributed by atoms with Crippen LogP contribution in [0.3, 0.4) is 0 Å². The maximum absolute atomic E-state index is 13.2. The Morgan fingerprint density at radius 1 is 0.553 bits per heavy atom. The Labute approximate surface area is 232 Å². The zero-order valence-electron chi connectivity index (χ0n) is 24.5. The lowest BCUT2D eigenvalue weighted by atomic mass is 10.1. The molecule has 0 radical (unpaired) electrons. The molecule has 0 unspecified atom stereocenters. The quantitative estimate of drug-likeness (QED) is 0.208. The van der Waals surface area contributed by atoms with Crippen molar-refractivity contribution in [3.05, 3.63) is 70.8 Å². The zero-order valence-corrected chi connectivity index (χ0v) is 24.5. The Morgan fingerprint density at radius 2 is 0.868 bits per heavy atom. The normalized spacial score (nSPS) is 15.5. The Kier molecular flexibility index (Phi) is 12.7.